The van der Waals surface area contributed by atoms with Crippen molar-refractivity contribution in [2.75, 3.05) is 0 Å². The van der Waals surface area contributed by atoms with E-state index in [-0.39, 0.29) is 0 Å². The summed E-state index contributed by atoms with van der Waals surface area (Å²) in [6, 6.07) is 46.8. The fraction of sp³-hybridized carbons (Fsp3) is 0. The van der Waals surface area contributed by atoms with Crippen LogP contribution >= 0.6 is 11.3 Å². The number of benzene rings is 6. The molecule has 6 nitrogen and oxygen atoms in total. The molecule has 5 aromatic heterocycles. The van der Waals surface area contributed by atoms with Crippen LogP contribution in [0.3, 0.4) is 0 Å². The van der Waals surface area contributed by atoms with Crippen LogP contribution < -0.4 is 0 Å². The first kappa shape index (κ1) is 26.6. The standard InChI is InChI=1S/C42H24N6S/c1-3-13-25(14-4-1)37-27-17-7-10-20-31(27)45-42(46-37)48-33-22-12-9-19-29(33)36-38-34(35-30-23-43-24-44-41(30)49-40(35)39(36)48)28-18-8-11-21-32(28)47(38)26-15-5-2-6-16-26/h1-24H. The molecule has 0 spiro atoms. The zero-order valence-electron chi connectivity index (χ0n) is 25.9. The highest BCUT2D eigenvalue weighted by molar-refractivity contribution is 7.26. The molecule has 0 fully saturated rings. The van der Waals surface area contributed by atoms with Gasteiger partial charge in [0, 0.05) is 55.2 Å². The van der Waals surface area contributed by atoms with Crippen LogP contribution in [0.2, 0.25) is 0 Å². The Morgan fingerprint density at radius 2 is 1.16 bits per heavy atom. The van der Waals surface area contributed by atoms with Crippen LogP contribution in [-0.2, 0) is 0 Å². The second kappa shape index (κ2) is 10.0. The van der Waals surface area contributed by atoms with Crippen molar-refractivity contribution in [3.63, 3.8) is 0 Å². The van der Waals surface area contributed by atoms with Gasteiger partial charge in [-0.05, 0) is 30.3 Å². The van der Waals surface area contributed by atoms with Crippen LogP contribution in [0.5, 0.6) is 0 Å². The van der Waals surface area contributed by atoms with Crippen LogP contribution in [-0.4, -0.2) is 29.1 Å². The molecule has 0 radical (unpaired) electrons. The van der Waals surface area contributed by atoms with Crippen molar-refractivity contribution >= 4 is 86.2 Å². The molecular formula is C42H24N6S. The lowest BCUT2D eigenvalue weighted by Crippen LogP contribution is -2.03. The van der Waals surface area contributed by atoms with Crippen molar-refractivity contribution in [1.82, 2.24) is 29.1 Å². The number of aromatic nitrogens is 6. The lowest BCUT2D eigenvalue weighted by molar-refractivity contribution is 1.02. The van der Waals surface area contributed by atoms with Crippen molar-refractivity contribution in [3.8, 4) is 22.9 Å². The summed E-state index contributed by atoms with van der Waals surface area (Å²) < 4.78 is 5.84. The van der Waals surface area contributed by atoms with Gasteiger partial charge < -0.3 is 4.57 Å². The number of para-hydroxylation sites is 4. The average molecular weight is 645 g/mol. The molecule has 228 valence electrons. The van der Waals surface area contributed by atoms with Gasteiger partial charge >= 0.3 is 0 Å². The minimum Gasteiger partial charge on any atom is -0.309 e. The quantitative estimate of drug-likeness (QED) is 0.192. The van der Waals surface area contributed by atoms with Crippen LogP contribution in [0.1, 0.15) is 0 Å². The van der Waals surface area contributed by atoms with E-state index in [0.29, 0.717) is 5.95 Å². The van der Waals surface area contributed by atoms with E-state index in [9.17, 15) is 0 Å². The molecule has 0 bridgehead atoms. The van der Waals surface area contributed by atoms with Gasteiger partial charge in [0.15, 0.2) is 0 Å². The van der Waals surface area contributed by atoms with E-state index in [4.69, 9.17) is 15.0 Å². The molecule has 0 aliphatic heterocycles. The molecule has 0 amide bonds. The predicted octanol–water partition coefficient (Wildman–Crippen LogP) is 10.6. The molecule has 0 aliphatic carbocycles. The highest BCUT2D eigenvalue weighted by atomic mass is 32.1. The molecule has 11 aromatic rings. The maximum atomic E-state index is 5.40. The number of hydrogen-bond donors (Lipinski definition) is 0. The van der Waals surface area contributed by atoms with E-state index in [1.54, 1.807) is 17.7 Å². The van der Waals surface area contributed by atoms with E-state index < -0.39 is 0 Å². The zero-order chi connectivity index (χ0) is 32.1. The summed E-state index contributed by atoms with van der Waals surface area (Å²) in [6.07, 6.45) is 3.61. The lowest BCUT2D eigenvalue weighted by atomic mass is 10.0. The van der Waals surface area contributed by atoms with Crippen molar-refractivity contribution in [1.29, 1.82) is 0 Å². The highest BCUT2D eigenvalue weighted by Gasteiger charge is 2.28. The zero-order valence-corrected chi connectivity index (χ0v) is 26.8. The Bertz CT molecular complexity index is 3100. The summed E-state index contributed by atoms with van der Waals surface area (Å²) in [6.45, 7) is 0. The third-order valence-electron chi connectivity index (χ3n) is 9.68. The van der Waals surface area contributed by atoms with Crippen molar-refractivity contribution in [2.24, 2.45) is 0 Å². The molecular weight excluding hydrogens is 621 g/mol. The maximum absolute atomic E-state index is 5.40. The topological polar surface area (TPSA) is 61.4 Å². The van der Waals surface area contributed by atoms with Gasteiger partial charge in [0.2, 0.25) is 5.95 Å². The molecule has 0 unspecified atom stereocenters. The highest BCUT2D eigenvalue weighted by Crippen LogP contribution is 2.50. The van der Waals surface area contributed by atoms with Gasteiger partial charge in [0.05, 0.1) is 38.0 Å². The first-order valence-corrected chi connectivity index (χ1v) is 17.1. The van der Waals surface area contributed by atoms with E-state index >= 15 is 0 Å². The van der Waals surface area contributed by atoms with Crippen LogP contribution in [0.15, 0.2) is 146 Å². The summed E-state index contributed by atoms with van der Waals surface area (Å²) in [4.78, 5) is 21.0. The second-order valence-electron chi connectivity index (χ2n) is 12.3. The summed E-state index contributed by atoms with van der Waals surface area (Å²) in [5.74, 6) is 0.635. The Balaban J connectivity index is 1.43. The number of fused-ring (bicyclic) bond motifs is 13. The Kier molecular flexibility index (Phi) is 5.45. The smallest absolute Gasteiger partial charge is 0.235 e. The van der Waals surface area contributed by atoms with Gasteiger partial charge in [0.25, 0.3) is 0 Å². The molecule has 0 aliphatic rings. The number of thiophene rings is 1. The molecule has 6 aromatic carbocycles. The van der Waals surface area contributed by atoms with E-state index in [1.807, 2.05) is 18.3 Å². The van der Waals surface area contributed by atoms with Crippen LogP contribution in [0.4, 0.5) is 0 Å². The summed E-state index contributed by atoms with van der Waals surface area (Å²) in [5.41, 5.74) is 8.39. The fourth-order valence-electron chi connectivity index (χ4n) is 7.71. The molecule has 5 heterocycles. The van der Waals surface area contributed by atoms with Crippen molar-refractivity contribution in [3.05, 3.63) is 146 Å². The molecule has 0 N–H and O–H groups in total. The fourth-order valence-corrected chi connectivity index (χ4v) is 8.88. The summed E-state index contributed by atoms with van der Waals surface area (Å²) >= 11 is 1.71. The molecule has 0 saturated heterocycles. The summed E-state index contributed by atoms with van der Waals surface area (Å²) in [7, 11) is 0. The normalized spacial score (nSPS) is 12.1. The van der Waals surface area contributed by atoms with Crippen LogP contribution in [0.25, 0.3) is 97.7 Å². The van der Waals surface area contributed by atoms with Gasteiger partial charge in [-0.1, -0.05) is 103 Å². The van der Waals surface area contributed by atoms with Crippen molar-refractivity contribution in [2.45, 2.75) is 0 Å². The molecule has 7 heteroatoms. The first-order chi connectivity index (χ1) is 24.3. The first-order valence-electron chi connectivity index (χ1n) is 16.2. The van der Waals surface area contributed by atoms with Gasteiger partial charge in [0.1, 0.15) is 11.2 Å². The van der Waals surface area contributed by atoms with Gasteiger partial charge in [-0.3, -0.25) is 4.57 Å². The number of nitrogens with zero attached hydrogens (tertiary/aromatic N) is 6. The lowest BCUT2D eigenvalue weighted by Gasteiger charge is -2.13. The van der Waals surface area contributed by atoms with Crippen LogP contribution in [0, 0.1) is 0 Å². The van der Waals surface area contributed by atoms with Gasteiger partial charge in [-0.2, -0.15) is 0 Å². The van der Waals surface area contributed by atoms with Gasteiger partial charge in [-0.15, -0.1) is 11.3 Å². The maximum Gasteiger partial charge on any atom is 0.235 e. The Hall–Kier alpha value is -6.44. The average Bonchev–Trinajstić information content (AvgIpc) is 3.83. The number of rotatable bonds is 3. The van der Waals surface area contributed by atoms with Crippen molar-refractivity contribution < 1.29 is 0 Å². The molecule has 11 rings (SSSR count). The Morgan fingerprint density at radius 1 is 0.510 bits per heavy atom. The molecule has 0 saturated carbocycles. The summed E-state index contributed by atoms with van der Waals surface area (Å²) in [5, 5.41) is 7.93. The second-order valence-corrected chi connectivity index (χ2v) is 13.3. The predicted molar refractivity (Wildman–Crippen MR) is 202 cm³/mol. The molecule has 0 atom stereocenters. The Morgan fingerprint density at radius 3 is 1.96 bits per heavy atom. The monoisotopic (exact) mass is 644 g/mol. The number of hydrogen-bond acceptors (Lipinski definition) is 5. The molecule has 49 heavy (non-hydrogen) atoms. The van der Waals surface area contributed by atoms with E-state index in [1.165, 1.54) is 10.8 Å². The Labute approximate surface area is 283 Å². The van der Waals surface area contributed by atoms with E-state index in [0.717, 1.165) is 81.0 Å². The minimum atomic E-state index is 0.635. The third kappa shape index (κ3) is 3.65. The van der Waals surface area contributed by atoms with E-state index in [2.05, 4.69) is 135 Å². The minimum absolute atomic E-state index is 0.635. The SMILES string of the molecule is c1ccc(-c2nc(-n3c4ccccc4c4c3c3sc5ncncc5c3c3c5ccccc5n(-c5ccccc5)c34)nc3ccccc23)cc1. The third-order valence-corrected chi connectivity index (χ3v) is 10.8. The van der Waals surface area contributed by atoms with Gasteiger partial charge in [-0.25, -0.2) is 19.9 Å². The largest absolute Gasteiger partial charge is 0.309 e.